The van der Waals surface area contributed by atoms with E-state index in [0.29, 0.717) is 55.5 Å². The number of quaternary nitrogens is 1. The molecule has 0 saturated carbocycles. The van der Waals surface area contributed by atoms with E-state index in [2.05, 4.69) is 20.8 Å². The highest BCUT2D eigenvalue weighted by Gasteiger charge is 2.38. The van der Waals surface area contributed by atoms with Crippen LogP contribution in [0.4, 0.5) is 11.5 Å². The number of benzene rings is 1. The minimum atomic E-state index is -3.56. The first-order chi connectivity index (χ1) is 19.7. The van der Waals surface area contributed by atoms with Crippen LogP contribution in [0.25, 0.3) is 0 Å². The number of likely N-dealkylation sites (tertiary alicyclic amines) is 1. The third-order valence-electron chi connectivity index (χ3n) is 6.95. The second-order valence-corrected chi connectivity index (χ2v) is 13.1. The monoisotopic (exact) mass is 600 g/mol. The molecule has 13 heteroatoms. The van der Waals surface area contributed by atoms with E-state index < -0.39 is 10.1 Å². The molecule has 0 unspecified atom stereocenters. The Hall–Kier alpha value is -3.81. The molecule has 0 spiro atoms. The Labute approximate surface area is 246 Å². The lowest BCUT2D eigenvalue weighted by Crippen LogP contribution is -2.55. The van der Waals surface area contributed by atoms with Crippen molar-refractivity contribution in [1.29, 1.82) is 0 Å². The molecule has 42 heavy (non-hydrogen) atoms. The first-order valence-corrected chi connectivity index (χ1v) is 15.6. The molecule has 0 bridgehead atoms. The van der Waals surface area contributed by atoms with Gasteiger partial charge in [-0.25, -0.2) is 4.98 Å². The van der Waals surface area contributed by atoms with Gasteiger partial charge in [0.1, 0.15) is 42.9 Å². The number of carbonyl (C=O) groups excluding carboxylic acids is 2. The van der Waals surface area contributed by atoms with E-state index in [1.165, 1.54) is 6.20 Å². The number of rotatable bonds is 10. The molecular weight excluding hydrogens is 562 g/mol. The van der Waals surface area contributed by atoms with Crippen LogP contribution in [0.2, 0.25) is 0 Å². The van der Waals surface area contributed by atoms with Crippen LogP contribution in [0, 0.1) is 0 Å². The van der Waals surface area contributed by atoms with E-state index >= 15 is 0 Å². The van der Waals surface area contributed by atoms with Crippen molar-refractivity contribution >= 4 is 33.4 Å². The van der Waals surface area contributed by atoms with Gasteiger partial charge in [-0.3, -0.25) is 9.59 Å². The Morgan fingerprint density at radius 2 is 1.76 bits per heavy atom. The molecule has 3 heterocycles. The highest BCUT2D eigenvalue weighted by atomic mass is 32.2. The fraction of sp³-hybridized carbons (Fsp3) is 0.448. The highest BCUT2D eigenvalue weighted by Crippen LogP contribution is 2.26. The van der Waals surface area contributed by atoms with E-state index in [1.807, 2.05) is 27.7 Å². The van der Waals surface area contributed by atoms with Crippen molar-refractivity contribution in [3.8, 4) is 5.75 Å². The molecule has 0 aliphatic carbocycles. The van der Waals surface area contributed by atoms with Gasteiger partial charge in [-0.05, 0) is 36.8 Å². The molecule has 1 saturated heterocycles. The number of anilines is 2. The zero-order valence-corrected chi connectivity index (χ0v) is 25.4. The topological polar surface area (TPSA) is 150 Å². The average Bonchev–Trinajstić information content (AvgIpc) is 3.40. The number of hydrogen-bond donors (Lipinski definition) is 2. The SMILES string of the molecule is CC[N+]1(OS(C)(=O)=O)CCC(Oc2ccc(C(=O)Nc3ccc(CC(=O)Nc4cc(C(C)(C)C)on4)cc3)nc2)CC1. The number of pyridine rings is 1. The van der Waals surface area contributed by atoms with Crippen LogP contribution >= 0.6 is 0 Å². The van der Waals surface area contributed by atoms with E-state index in [9.17, 15) is 18.0 Å². The number of piperidine rings is 1. The van der Waals surface area contributed by atoms with Crippen LogP contribution in [0.1, 0.15) is 62.3 Å². The Bertz CT molecular complexity index is 1490. The van der Waals surface area contributed by atoms with Gasteiger partial charge < -0.3 is 19.9 Å². The van der Waals surface area contributed by atoms with Crippen LogP contribution in [0.15, 0.2) is 53.2 Å². The molecule has 2 N–H and O–H groups in total. The lowest BCUT2D eigenvalue weighted by Gasteiger charge is -2.38. The predicted octanol–water partition coefficient (Wildman–Crippen LogP) is 4.07. The summed E-state index contributed by atoms with van der Waals surface area (Å²) in [5.74, 6) is 0.966. The minimum absolute atomic E-state index is 0.0609. The van der Waals surface area contributed by atoms with Crippen LogP contribution in [-0.2, 0) is 31.0 Å². The van der Waals surface area contributed by atoms with E-state index in [4.69, 9.17) is 13.5 Å². The molecule has 1 aliphatic rings. The van der Waals surface area contributed by atoms with Gasteiger partial charge in [-0.2, -0.15) is 13.1 Å². The van der Waals surface area contributed by atoms with Gasteiger partial charge in [0.15, 0.2) is 5.82 Å². The zero-order chi connectivity index (χ0) is 30.5. The molecule has 226 valence electrons. The predicted molar refractivity (Wildman–Crippen MR) is 156 cm³/mol. The maximum absolute atomic E-state index is 12.7. The first-order valence-electron chi connectivity index (χ1n) is 13.8. The van der Waals surface area contributed by atoms with Gasteiger partial charge in [0.25, 0.3) is 5.91 Å². The van der Waals surface area contributed by atoms with Crippen LogP contribution < -0.4 is 15.4 Å². The summed E-state index contributed by atoms with van der Waals surface area (Å²) in [4.78, 5) is 29.4. The quantitative estimate of drug-likeness (QED) is 0.328. The Kier molecular flexibility index (Phi) is 9.34. The molecule has 12 nitrogen and oxygen atoms in total. The fourth-order valence-corrected chi connectivity index (χ4v) is 5.43. The van der Waals surface area contributed by atoms with Gasteiger partial charge >= 0.3 is 10.1 Å². The average molecular weight is 601 g/mol. The molecule has 2 aromatic heterocycles. The van der Waals surface area contributed by atoms with Crippen LogP contribution in [-0.4, -0.2) is 67.0 Å². The van der Waals surface area contributed by atoms with Crippen molar-refractivity contribution < 1.29 is 36.2 Å². The highest BCUT2D eigenvalue weighted by molar-refractivity contribution is 7.85. The Morgan fingerprint density at radius 3 is 2.31 bits per heavy atom. The summed E-state index contributed by atoms with van der Waals surface area (Å²) in [6.07, 6.45) is 3.85. The zero-order valence-electron chi connectivity index (χ0n) is 24.5. The summed E-state index contributed by atoms with van der Waals surface area (Å²) in [6, 6.07) is 12.0. The van der Waals surface area contributed by atoms with Crippen molar-refractivity contribution in [3.63, 3.8) is 0 Å². The number of aromatic nitrogens is 2. The van der Waals surface area contributed by atoms with Crippen molar-refractivity contribution in [1.82, 2.24) is 10.1 Å². The number of hydrogen-bond acceptors (Lipinski definition) is 9. The van der Waals surface area contributed by atoms with Crippen LogP contribution in [0.5, 0.6) is 5.75 Å². The molecule has 3 aromatic rings. The standard InChI is InChI=1S/C29H37N5O7S/c1-6-34(41-42(5,37)38)15-13-22(14-16-34)39-23-11-12-24(30-19-23)28(36)31-21-9-7-20(8-10-21)17-27(35)32-26-18-25(40-33-26)29(2,3)4/h7-12,18-19,22H,6,13-17H2,1-5H3,(H-,31,32,33,35,36)/p+1. The second kappa shape index (κ2) is 12.6. The molecule has 4 rings (SSSR count). The van der Waals surface area contributed by atoms with Gasteiger partial charge in [0.05, 0.1) is 18.9 Å². The largest absolute Gasteiger partial charge is 0.488 e. The lowest BCUT2D eigenvalue weighted by atomic mass is 9.93. The maximum atomic E-state index is 12.7. The van der Waals surface area contributed by atoms with Crippen molar-refractivity contribution in [3.05, 3.63) is 65.7 Å². The minimum Gasteiger partial charge on any atom is -0.488 e. The normalized spacial score (nSPS) is 19.2. The summed E-state index contributed by atoms with van der Waals surface area (Å²) in [5.41, 5.74) is 1.35. The number of nitrogens with zero attached hydrogens (tertiary/aromatic N) is 3. The van der Waals surface area contributed by atoms with E-state index in [0.717, 1.165) is 11.8 Å². The molecule has 1 fully saturated rings. The van der Waals surface area contributed by atoms with E-state index in [-0.39, 0.29) is 40.1 Å². The molecule has 0 atom stereocenters. The third kappa shape index (κ3) is 8.60. The van der Waals surface area contributed by atoms with Crippen molar-refractivity contribution in [2.24, 2.45) is 0 Å². The molecule has 1 aliphatic heterocycles. The Balaban J connectivity index is 1.25. The molecular formula is C29H38N5O7S+. The number of ether oxygens (including phenoxy) is 1. The number of nitrogens with one attached hydrogen (secondary N) is 2. The summed E-state index contributed by atoms with van der Waals surface area (Å²) in [7, 11) is -3.56. The molecule has 0 radical (unpaired) electrons. The van der Waals surface area contributed by atoms with Gasteiger partial charge in [0, 0.05) is 30.0 Å². The number of carbonyl (C=O) groups is 2. The first kappa shape index (κ1) is 31.1. The number of hydroxylamine groups is 3. The van der Waals surface area contributed by atoms with E-state index in [1.54, 1.807) is 42.5 Å². The summed E-state index contributed by atoms with van der Waals surface area (Å²) >= 11 is 0. The third-order valence-corrected chi connectivity index (χ3v) is 7.54. The van der Waals surface area contributed by atoms with Gasteiger partial charge in [0.2, 0.25) is 5.91 Å². The van der Waals surface area contributed by atoms with Gasteiger partial charge in [-0.15, -0.1) is 0 Å². The fourth-order valence-electron chi connectivity index (χ4n) is 4.60. The number of amides is 2. The lowest BCUT2D eigenvalue weighted by molar-refractivity contribution is -1.08. The van der Waals surface area contributed by atoms with Gasteiger partial charge in [-0.1, -0.05) is 42.3 Å². The summed E-state index contributed by atoms with van der Waals surface area (Å²) in [6.45, 7) is 9.47. The molecule has 1 aromatic carbocycles. The maximum Gasteiger partial charge on any atom is 0.311 e. The second-order valence-electron chi connectivity index (χ2n) is 11.5. The van der Waals surface area contributed by atoms with Crippen molar-refractivity contribution in [2.75, 3.05) is 36.5 Å². The summed E-state index contributed by atoms with van der Waals surface area (Å²) < 4.78 is 40.0. The van der Waals surface area contributed by atoms with Crippen molar-refractivity contribution in [2.45, 2.75) is 58.5 Å². The van der Waals surface area contributed by atoms with Crippen LogP contribution in [0.3, 0.4) is 0 Å². The molecule has 2 amide bonds. The smallest absolute Gasteiger partial charge is 0.311 e. The Morgan fingerprint density at radius 1 is 1.07 bits per heavy atom. The summed E-state index contributed by atoms with van der Waals surface area (Å²) in [5, 5.41) is 9.44.